The lowest BCUT2D eigenvalue weighted by Crippen LogP contribution is -2.04. The topological polar surface area (TPSA) is 43.6 Å². The van der Waals surface area contributed by atoms with Crippen LogP contribution >= 0.6 is 0 Å². The number of rotatable bonds is 6. The molecule has 0 radical (unpaired) electrons. The van der Waals surface area contributed by atoms with Crippen molar-refractivity contribution < 1.29 is 0 Å². The van der Waals surface area contributed by atoms with E-state index in [1.54, 1.807) is 0 Å². The van der Waals surface area contributed by atoms with Gasteiger partial charge in [0.15, 0.2) is 17.5 Å². The van der Waals surface area contributed by atoms with Crippen LogP contribution in [0.3, 0.4) is 0 Å². The molecule has 0 unspecified atom stereocenters. The number of aromatic nitrogens is 4. The summed E-state index contributed by atoms with van der Waals surface area (Å²) >= 11 is 0. The minimum atomic E-state index is 0.614. The zero-order valence-corrected chi connectivity index (χ0v) is 28.8. The molecule has 0 aliphatic carbocycles. The highest BCUT2D eigenvalue weighted by Crippen LogP contribution is 2.40. The normalized spacial score (nSPS) is 11.4. The van der Waals surface area contributed by atoms with Crippen molar-refractivity contribution in [2.45, 2.75) is 0 Å². The van der Waals surface area contributed by atoms with Crippen LogP contribution in [0.1, 0.15) is 0 Å². The number of fused-ring (bicyclic) bond motifs is 4. The van der Waals surface area contributed by atoms with Crippen molar-refractivity contribution in [1.29, 1.82) is 0 Å². The van der Waals surface area contributed by atoms with E-state index in [4.69, 9.17) is 15.0 Å². The fourth-order valence-electron chi connectivity index (χ4n) is 7.51. The van der Waals surface area contributed by atoms with Crippen molar-refractivity contribution in [2.24, 2.45) is 0 Å². The molecule has 8 aromatic carbocycles. The molecule has 4 heteroatoms. The molecule has 0 aliphatic rings. The lowest BCUT2D eigenvalue weighted by atomic mass is 9.94. The largest absolute Gasteiger partial charge is 0.308 e. The van der Waals surface area contributed by atoms with Crippen LogP contribution in [0.4, 0.5) is 0 Å². The van der Waals surface area contributed by atoms with Gasteiger partial charge in [-0.2, -0.15) is 0 Å². The predicted octanol–water partition coefficient (Wildman–Crippen LogP) is 12.5. The van der Waals surface area contributed by atoms with E-state index in [2.05, 4.69) is 174 Å². The summed E-state index contributed by atoms with van der Waals surface area (Å²) in [6, 6.07) is 68.1. The minimum absolute atomic E-state index is 0.614. The summed E-state index contributed by atoms with van der Waals surface area (Å²) in [5.41, 5.74) is 10.5. The van der Waals surface area contributed by atoms with Gasteiger partial charge in [0, 0.05) is 27.5 Å². The first-order chi connectivity index (χ1) is 26.3. The van der Waals surface area contributed by atoms with Gasteiger partial charge in [-0.1, -0.05) is 158 Å². The number of para-hydroxylation sites is 2. The molecule has 4 nitrogen and oxygen atoms in total. The van der Waals surface area contributed by atoms with E-state index in [1.807, 2.05) is 24.3 Å². The van der Waals surface area contributed by atoms with Crippen LogP contribution < -0.4 is 0 Å². The summed E-state index contributed by atoms with van der Waals surface area (Å²) in [6.45, 7) is 0. The first kappa shape index (κ1) is 30.6. The molecule has 0 fully saturated rings. The molecule has 2 aromatic heterocycles. The van der Waals surface area contributed by atoms with Crippen LogP contribution in [-0.2, 0) is 0 Å². The lowest BCUT2D eigenvalue weighted by Gasteiger charge is -2.17. The average Bonchev–Trinajstić information content (AvgIpc) is 3.58. The van der Waals surface area contributed by atoms with Crippen molar-refractivity contribution in [3.8, 4) is 62.1 Å². The molecule has 0 atom stereocenters. The summed E-state index contributed by atoms with van der Waals surface area (Å²) < 4.78 is 2.36. The second-order valence-corrected chi connectivity index (χ2v) is 13.3. The molecular formula is C49H32N4. The Hall–Kier alpha value is -7.17. The zero-order chi connectivity index (χ0) is 35.1. The quantitative estimate of drug-likeness (QED) is 0.176. The van der Waals surface area contributed by atoms with Crippen LogP contribution in [0.5, 0.6) is 0 Å². The van der Waals surface area contributed by atoms with Crippen LogP contribution in [0.25, 0.3) is 94.7 Å². The molecule has 0 amide bonds. The molecule has 0 saturated heterocycles. The maximum absolute atomic E-state index is 5.39. The Bertz CT molecular complexity index is 2880. The second-order valence-electron chi connectivity index (χ2n) is 13.3. The van der Waals surface area contributed by atoms with Gasteiger partial charge >= 0.3 is 0 Å². The summed E-state index contributed by atoms with van der Waals surface area (Å²) in [5.74, 6) is 1.86. The van der Waals surface area contributed by atoms with Crippen molar-refractivity contribution in [2.75, 3.05) is 0 Å². The molecule has 0 N–H and O–H groups in total. The van der Waals surface area contributed by atoms with Crippen LogP contribution in [0.2, 0.25) is 0 Å². The highest BCUT2D eigenvalue weighted by molar-refractivity contribution is 6.10. The van der Waals surface area contributed by atoms with Gasteiger partial charge in [-0.05, 0) is 69.4 Å². The molecule has 0 aliphatic heterocycles. The Morgan fingerprint density at radius 3 is 1.43 bits per heavy atom. The van der Waals surface area contributed by atoms with Gasteiger partial charge in [0.05, 0.1) is 16.7 Å². The van der Waals surface area contributed by atoms with Crippen molar-refractivity contribution in [3.63, 3.8) is 0 Å². The van der Waals surface area contributed by atoms with Crippen molar-refractivity contribution >= 4 is 32.6 Å². The van der Waals surface area contributed by atoms with E-state index >= 15 is 0 Å². The van der Waals surface area contributed by atoms with Crippen LogP contribution in [-0.4, -0.2) is 19.5 Å². The predicted molar refractivity (Wildman–Crippen MR) is 219 cm³/mol. The average molecular weight is 677 g/mol. The Morgan fingerprint density at radius 1 is 0.302 bits per heavy atom. The summed E-state index contributed by atoms with van der Waals surface area (Å²) in [7, 11) is 0. The van der Waals surface area contributed by atoms with Crippen molar-refractivity contribution in [3.05, 3.63) is 194 Å². The van der Waals surface area contributed by atoms with E-state index in [9.17, 15) is 0 Å². The van der Waals surface area contributed by atoms with Gasteiger partial charge in [-0.3, -0.25) is 0 Å². The maximum atomic E-state index is 5.39. The van der Waals surface area contributed by atoms with Gasteiger partial charge in [-0.15, -0.1) is 0 Å². The van der Waals surface area contributed by atoms with E-state index in [0.29, 0.717) is 17.5 Å². The van der Waals surface area contributed by atoms with E-state index in [1.165, 1.54) is 10.8 Å². The molecular weight excluding hydrogens is 645 g/mol. The summed E-state index contributed by atoms with van der Waals surface area (Å²) in [4.78, 5) is 15.9. The van der Waals surface area contributed by atoms with Gasteiger partial charge in [0.25, 0.3) is 0 Å². The van der Waals surface area contributed by atoms with Crippen LogP contribution in [0, 0.1) is 0 Å². The zero-order valence-electron chi connectivity index (χ0n) is 28.8. The highest BCUT2D eigenvalue weighted by Gasteiger charge is 2.21. The molecule has 0 bridgehead atoms. The molecule has 10 rings (SSSR count). The summed E-state index contributed by atoms with van der Waals surface area (Å²) in [5, 5.41) is 4.67. The molecule has 2 heterocycles. The number of benzene rings is 8. The van der Waals surface area contributed by atoms with E-state index in [0.717, 1.165) is 66.4 Å². The standard InChI is InChI=1S/C49H32N4/c1-4-16-33(17-5-1)38-28-29-41(42(30-38)34-18-6-2-7-19-34)48-50-47(35-20-8-3-9-21-35)51-49(52-48)43-31-36-22-10-11-23-37(36)32-46(43)53-44-26-14-12-24-39(44)40-25-13-15-27-45(40)53/h1-32H. The third kappa shape index (κ3) is 5.45. The monoisotopic (exact) mass is 676 g/mol. The molecule has 0 saturated carbocycles. The lowest BCUT2D eigenvalue weighted by molar-refractivity contribution is 1.07. The fraction of sp³-hybridized carbons (Fsp3) is 0. The van der Waals surface area contributed by atoms with Gasteiger partial charge < -0.3 is 4.57 Å². The van der Waals surface area contributed by atoms with Gasteiger partial charge in [0.1, 0.15) is 0 Å². The molecule has 0 spiro atoms. The van der Waals surface area contributed by atoms with Crippen LogP contribution in [0.15, 0.2) is 194 Å². The smallest absolute Gasteiger partial charge is 0.166 e. The van der Waals surface area contributed by atoms with E-state index < -0.39 is 0 Å². The third-order valence-corrected chi connectivity index (χ3v) is 10.0. The Morgan fingerprint density at radius 2 is 0.792 bits per heavy atom. The molecule has 53 heavy (non-hydrogen) atoms. The minimum Gasteiger partial charge on any atom is -0.308 e. The highest BCUT2D eigenvalue weighted by atomic mass is 15.1. The van der Waals surface area contributed by atoms with Gasteiger partial charge in [0.2, 0.25) is 0 Å². The van der Waals surface area contributed by atoms with Crippen molar-refractivity contribution in [1.82, 2.24) is 19.5 Å². The number of hydrogen-bond donors (Lipinski definition) is 0. The number of hydrogen-bond acceptors (Lipinski definition) is 3. The van der Waals surface area contributed by atoms with Gasteiger partial charge in [-0.25, -0.2) is 15.0 Å². The summed E-state index contributed by atoms with van der Waals surface area (Å²) in [6.07, 6.45) is 0. The Labute approximate surface area is 307 Å². The third-order valence-electron chi connectivity index (χ3n) is 10.0. The Kier molecular flexibility index (Phi) is 7.43. The second kappa shape index (κ2) is 12.9. The first-order valence-electron chi connectivity index (χ1n) is 17.9. The SMILES string of the molecule is c1ccc(-c2ccc(-c3nc(-c4ccccc4)nc(-c4cc5ccccc5cc4-n4c5ccccc5c5ccccc54)n3)c(-c3ccccc3)c2)cc1. The van der Waals surface area contributed by atoms with E-state index in [-0.39, 0.29) is 0 Å². The molecule has 10 aromatic rings. The maximum Gasteiger partial charge on any atom is 0.166 e. The Balaban J connectivity index is 1.28. The number of nitrogens with zero attached hydrogens (tertiary/aromatic N) is 4. The molecule has 248 valence electrons. The first-order valence-corrected chi connectivity index (χ1v) is 17.9. The fourth-order valence-corrected chi connectivity index (χ4v) is 7.51.